The lowest BCUT2D eigenvalue weighted by Gasteiger charge is -2.13. The predicted molar refractivity (Wildman–Crippen MR) is 140 cm³/mol. The van der Waals surface area contributed by atoms with E-state index in [1.165, 1.54) is 32.5 Å². The van der Waals surface area contributed by atoms with Gasteiger partial charge in [-0.05, 0) is 45.3 Å². The third-order valence-electron chi connectivity index (χ3n) is 4.28. The molecule has 7 nitrogen and oxygen atoms in total. The second-order valence-electron chi connectivity index (χ2n) is 6.95. The van der Waals surface area contributed by atoms with Crippen molar-refractivity contribution >= 4 is 29.9 Å². The van der Waals surface area contributed by atoms with Crippen molar-refractivity contribution in [1.29, 1.82) is 0 Å². The maximum absolute atomic E-state index is 10.6. The molecule has 2 aliphatic carbocycles. The zero-order chi connectivity index (χ0) is 26.2. The molecule has 0 aromatic rings. The lowest BCUT2D eigenvalue weighted by Crippen LogP contribution is -2.21. The first-order chi connectivity index (χ1) is 14.8. The van der Waals surface area contributed by atoms with Crippen LogP contribution in [0, 0.1) is 0 Å². The highest BCUT2D eigenvalue weighted by Crippen LogP contribution is 2.21. The molecule has 2 aliphatic rings. The molecule has 2 fully saturated rings. The van der Waals surface area contributed by atoms with Gasteiger partial charge in [-0.2, -0.15) is 8.42 Å². The predicted octanol–water partition coefficient (Wildman–Crippen LogP) is 5.41. The van der Waals surface area contributed by atoms with Gasteiger partial charge in [-0.1, -0.05) is 74.1 Å². The van der Waals surface area contributed by atoms with E-state index in [1.807, 2.05) is 27.7 Å². The van der Waals surface area contributed by atoms with Crippen molar-refractivity contribution in [3.8, 4) is 0 Å². The molecule has 2 rings (SSSR count). The van der Waals surface area contributed by atoms with Gasteiger partial charge in [0.2, 0.25) is 9.05 Å². The molecule has 0 aromatic carbocycles. The van der Waals surface area contributed by atoms with Crippen molar-refractivity contribution < 1.29 is 26.1 Å². The van der Waals surface area contributed by atoms with Gasteiger partial charge in [-0.25, -0.2) is 8.42 Å². The zero-order valence-electron chi connectivity index (χ0n) is 22.1. The van der Waals surface area contributed by atoms with E-state index in [0.29, 0.717) is 0 Å². The lowest BCUT2D eigenvalue weighted by molar-refractivity contribution is 0.183. The molecule has 0 atom stereocenters. The minimum Gasteiger partial charge on any atom is -0.393 e. The molecule has 32 heavy (non-hydrogen) atoms. The maximum Gasteiger partial charge on any atom is 0.264 e. The molecule has 0 aromatic heterocycles. The monoisotopic (exact) mass is 525 g/mol. The van der Waals surface area contributed by atoms with Gasteiger partial charge < -0.3 is 10.0 Å². The Balaban J connectivity index is -0.000000160. The Kier molecular flexibility index (Phi) is 31.5. The highest BCUT2D eigenvalue weighted by Gasteiger charge is 2.19. The first-order valence-electron chi connectivity index (χ1n) is 12.0. The fourth-order valence-corrected chi connectivity index (χ4v) is 3.49. The van der Waals surface area contributed by atoms with Gasteiger partial charge in [0.05, 0.1) is 24.7 Å². The minimum absolute atomic E-state index is 0.0324. The van der Waals surface area contributed by atoms with Gasteiger partial charge in [-0.15, -0.1) is 0 Å². The molecule has 0 radical (unpaired) electrons. The van der Waals surface area contributed by atoms with E-state index >= 15 is 0 Å². The molecular formula is C22H52ClNO6S2. The molecule has 200 valence electrons. The van der Waals surface area contributed by atoms with E-state index < -0.39 is 19.2 Å². The van der Waals surface area contributed by atoms with Crippen molar-refractivity contribution in [2.75, 3.05) is 32.1 Å². The summed E-state index contributed by atoms with van der Waals surface area (Å²) in [5, 5.41) is 8.73. The number of hydrogen-bond acceptors (Lipinski definition) is 7. The van der Waals surface area contributed by atoms with Crippen molar-refractivity contribution in [3.05, 3.63) is 0 Å². The summed E-state index contributed by atoms with van der Waals surface area (Å²) in [6, 6.07) is 0. The summed E-state index contributed by atoms with van der Waals surface area (Å²) in [7, 11) is -1.90. The van der Waals surface area contributed by atoms with Crippen LogP contribution in [0.5, 0.6) is 0 Å². The number of aliphatic hydroxyl groups excluding tert-OH is 1. The smallest absolute Gasteiger partial charge is 0.264 e. The van der Waals surface area contributed by atoms with Gasteiger partial charge >= 0.3 is 0 Å². The van der Waals surface area contributed by atoms with Crippen molar-refractivity contribution in [2.45, 2.75) is 112 Å². The van der Waals surface area contributed by atoms with Crippen LogP contribution >= 0.6 is 10.7 Å². The zero-order valence-corrected chi connectivity index (χ0v) is 24.5. The summed E-state index contributed by atoms with van der Waals surface area (Å²) in [6.07, 6.45) is 10.6. The van der Waals surface area contributed by atoms with Crippen LogP contribution in [-0.4, -0.2) is 71.2 Å². The third-order valence-corrected chi connectivity index (χ3v) is 4.90. The molecule has 0 saturated heterocycles. The second-order valence-corrected chi connectivity index (χ2v) is 11.6. The Morgan fingerprint density at radius 2 is 1.06 bits per heavy atom. The quantitative estimate of drug-likeness (QED) is 0.378. The molecule has 0 spiro atoms. The lowest BCUT2D eigenvalue weighted by atomic mass is 10.3. The van der Waals surface area contributed by atoms with Crippen LogP contribution in [0.25, 0.3) is 0 Å². The Morgan fingerprint density at radius 1 is 0.781 bits per heavy atom. The first-order valence-corrected chi connectivity index (χ1v) is 16.5. The Morgan fingerprint density at radius 3 is 1.22 bits per heavy atom. The van der Waals surface area contributed by atoms with E-state index in [-0.39, 0.29) is 12.2 Å². The van der Waals surface area contributed by atoms with Crippen molar-refractivity contribution in [3.63, 3.8) is 0 Å². The molecule has 0 amide bonds. The number of hydrogen-bond donors (Lipinski definition) is 1. The average Bonchev–Trinajstić information content (AvgIpc) is 3.39. The average molecular weight is 526 g/mol. The van der Waals surface area contributed by atoms with Crippen LogP contribution in [0.2, 0.25) is 0 Å². The summed E-state index contributed by atoms with van der Waals surface area (Å²) in [6.45, 7) is 18.1. The van der Waals surface area contributed by atoms with Crippen molar-refractivity contribution in [2.24, 2.45) is 0 Å². The highest BCUT2D eigenvalue weighted by atomic mass is 35.7. The largest absolute Gasteiger partial charge is 0.393 e. The van der Waals surface area contributed by atoms with E-state index in [0.717, 1.165) is 51.0 Å². The number of nitrogens with zero attached hydrogens (tertiary/aromatic N) is 1. The van der Waals surface area contributed by atoms with Gasteiger partial charge in [0.1, 0.15) is 0 Å². The Hall–Kier alpha value is 0.0700. The maximum atomic E-state index is 10.6. The van der Waals surface area contributed by atoms with Crippen LogP contribution in [-0.2, 0) is 23.4 Å². The van der Waals surface area contributed by atoms with Crippen LogP contribution in [0.4, 0.5) is 0 Å². The Bertz CT molecular complexity index is 541. The number of rotatable bonds is 5. The van der Waals surface area contributed by atoms with Crippen LogP contribution < -0.4 is 0 Å². The van der Waals surface area contributed by atoms with E-state index in [1.54, 1.807) is 0 Å². The SMILES string of the molecule is CC.CC.CCN(CC)CC.CS(=O)(=O)Cl.CS(=O)(=O)OC1CCCC1.OC1CCCC1. The van der Waals surface area contributed by atoms with E-state index in [9.17, 15) is 16.8 Å². The van der Waals surface area contributed by atoms with Crippen molar-refractivity contribution in [1.82, 2.24) is 4.90 Å². The third kappa shape index (κ3) is 40.4. The standard InChI is InChI=1S/C6H15N.C6H12O3S.C5H10O.2C2H6.CH3ClO2S/c1-4-7(5-2)6-3;1-10(7,8)9-6-4-2-3-5-6;6-5-3-1-2-4-5;2*1-2;1-5(2,3)4/h4-6H2,1-3H3;6H,2-5H2,1H3;5-6H,1-4H2;2*1-2H3;1H3. The van der Waals surface area contributed by atoms with Gasteiger partial charge in [0.15, 0.2) is 0 Å². The Labute approximate surface area is 204 Å². The molecule has 10 heteroatoms. The topological polar surface area (TPSA) is 101 Å². The molecule has 2 saturated carbocycles. The van der Waals surface area contributed by atoms with Crippen LogP contribution in [0.15, 0.2) is 0 Å². The molecule has 1 N–H and O–H groups in total. The molecular weight excluding hydrogens is 474 g/mol. The fourth-order valence-electron chi connectivity index (χ4n) is 2.81. The summed E-state index contributed by atoms with van der Waals surface area (Å²) < 4.78 is 44.7. The first kappa shape index (κ1) is 39.3. The second kappa shape index (κ2) is 25.7. The van der Waals surface area contributed by atoms with Crippen LogP contribution in [0.1, 0.15) is 99.8 Å². The van der Waals surface area contributed by atoms with Crippen LogP contribution in [0.3, 0.4) is 0 Å². The summed E-state index contributed by atoms with van der Waals surface area (Å²) >= 11 is 0. The number of aliphatic hydroxyl groups is 1. The van der Waals surface area contributed by atoms with E-state index in [4.69, 9.17) is 9.29 Å². The minimum atomic E-state index is -3.21. The fraction of sp³-hybridized carbons (Fsp3) is 1.00. The normalized spacial score (nSPS) is 16.0. The van der Waals surface area contributed by atoms with Gasteiger partial charge in [0, 0.05) is 10.7 Å². The molecule has 0 aliphatic heterocycles. The molecule has 0 heterocycles. The molecule has 0 unspecified atom stereocenters. The van der Waals surface area contributed by atoms with E-state index in [2.05, 4.69) is 36.4 Å². The molecule has 0 bridgehead atoms. The summed E-state index contributed by atoms with van der Waals surface area (Å²) in [5.41, 5.74) is 0. The summed E-state index contributed by atoms with van der Waals surface area (Å²) in [5.74, 6) is 0. The number of halogens is 1. The van der Waals surface area contributed by atoms with Gasteiger partial charge in [-0.3, -0.25) is 4.18 Å². The van der Waals surface area contributed by atoms with Gasteiger partial charge in [0.25, 0.3) is 10.1 Å². The summed E-state index contributed by atoms with van der Waals surface area (Å²) in [4.78, 5) is 2.38. The highest BCUT2D eigenvalue weighted by molar-refractivity contribution is 8.13.